The van der Waals surface area contributed by atoms with Crippen molar-refractivity contribution in [3.05, 3.63) is 76.0 Å². The monoisotopic (exact) mass is 401 g/mol. The molecule has 0 aliphatic rings. The van der Waals surface area contributed by atoms with E-state index in [0.717, 1.165) is 21.9 Å². The number of hydrogen-bond acceptors (Lipinski definition) is 4. The van der Waals surface area contributed by atoms with Crippen LogP contribution in [-0.4, -0.2) is 26.3 Å². The second-order valence-corrected chi connectivity index (χ2v) is 7.20. The van der Waals surface area contributed by atoms with Crippen molar-refractivity contribution >= 4 is 33.5 Å². The summed E-state index contributed by atoms with van der Waals surface area (Å²) in [6.07, 6.45) is 0.728. The maximum atomic E-state index is 12.2. The normalized spacial score (nSPS) is 10.8. The lowest BCUT2D eigenvalue weighted by Gasteiger charge is -2.04. The summed E-state index contributed by atoms with van der Waals surface area (Å²) in [7, 11) is 1.94. The van der Waals surface area contributed by atoms with Gasteiger partial charge in [-0.2, -0.15) is 0 Å². The van der Waals surface area contributed by atoms with Crippen LogP contribution < -0.4 is 0 Å². The molecule has 1 heterocycles. The van der Waals surface area contributed by atoms with Crippen LogP contribution in [0, 0.1) is 0 Å². The Morgan fingerprint density at radius 2 is 1.79 bits per heavy atom. The van der Waals surface area contributed by atoms with Crippen molar-refractivity contribution < 1.29 is 4.79 Å². The number of halogens is 1. The van der Waals surface area contributed by atoms with Gasteiger partial charge in [0.05, 0.1) is 5.75 Å². The van der Waals surface area contributed by atoms with E-state index in [1.165, 1.54) is 17.3 Å². The number of rotatable bonds is 6. The standard InChI is InChI=1S/C18H16BrN3OS/c1-22-17(11-13-5-3-2-4-6-13)20-21-18(22)24-12-16(23)14-7-9-15(19)10-8-14/h2-10H,11-12H2,1H3. The van der Waals surface area contributed by atoms with Crippen LogP contribution in [0.5, 0.6) is 0 Å². The Kier molecular flexibility index (Phi) is 5.48. The van der Waals surface area contributed by atoms with Gasteiger partial charge in [0.1, 0.15) is 5.82 Å². The maximum absolute atomic E-state index is 12.2. The lowest BCUT2D eigenvalue weighted by Crippen LogP contribution is -2.04. The molecule has 0 amide bonds. The zero-order valence-electron chi connectivity index (χ0n) is 13.1. The molecule has 0 spiro atoms. The Morgan fingerprint density at radius 3 is 2.50 bits per heavy atom. The van der Waals surface area contributed by atoms with E-state index in [2.05, 4.69) is 38.3 Å². The minimum atomic E-state index is 0.0834. The maximum Gasteiger partial charge on any atom is 0.191 e. The third-order valence-electron chi connectivity index (χ3n) is 3.63. The van der Waals surface area contributed by atoms with Gasteiger partial charge in [0, 0.05) is 23.5 Å². The summed E-state index contributed by atoms with van der Waals surface area (Å²) in [5.74, 6) is 1.32. The molecule has 0 unspecified atom stereocenters. The third-order valence-corrected chi connectivity index (χ3v) is 5.18. The van der Waals surface area contributed by atoms with Gasteiger partial charge in [-0.05, 0) is 17.7 Å². The van der Waals surface area contributed by atoms with Crippen molar-refractivity contribution in [2.45, 2.75) is 11.6 Å². The Hall–Kier alpha value is -1.92. The van der Waals surface area contributed by atoms with Crippen LogP contribution in [0.15, 0.2) is 64.2 Å². The predicted molar refractivity (Wildman–Crippen MR) is 99.4 cm³/mol. The van der Waals surface area contributed by atoms with E-state index < -0.39 is 0 Å². The van der Waals surface area contributed by atoms with Gasteiger partial charge in [-0.25, -0.2) is 0 Å². The summed E-state index contributed by atoms with van der Waals surface area (Å²) in [5, 5.41) is 9.21. The lowest BCUT2D eigenvalue weighted by atomic mass is 10.1. The molecule has 0 radical (unpaired) electrons. The molecule has 0 aliphatic heterocycles. The van der Waals surface area contributed by atoms with E-state index in [1.54, 1.807) is 0 Å². The number of Topliss-reactive ketones (excluding diaryl/α,β-unsaturated/α-hetero) is 1. The van der Waals surface area contributed by atoms with Crippen molar-refractivity contribution in [1.82, 2.24) is 14.8 Å². The second-order valence-electron chi connectivity index (χ2n) is 5.34. The topological polar surface area (TPSA) is 47.8 Å². The van der Waals surface area contributed by atoms with Gasteiger partial charge < -0.3 is 4.57 Å². The molecule has 0 N–H and O–H groups in total. The summed E-state index contributed by atoms with van der Waals surface area (Å²) >= 11 is 4.79. The third kappa shape index (κ3) is 4.13. The van der Waals surface area contributed by atoms with Gasteiger partial charge in [0.2, 0.25) is 0 Å². The quantitative estimate of drug-likeness (QED) is 0.459. The lowest BCUT2D eigenvalue weighted by molar-refractivity contribution is 0.102. The fraction of sp³-hybridized carbons (Fsp3) is 0.167. The largest absolute Gasteiger partial charge is 0.309 e. The first-order valence-electron chi connectivity index (χ1n) is 7.47. The van der Waals surface area contributed by atoms with Gasteiger partial charge >= 0.3 is 0 Å². The van der Waals surface area contributed by atoms with Crippen molar-refractivity contribution in [3.8, 4) is 0 Å². The number of benzene rings is 2. The number of carbonyl (C=O) groups is 1. The molecular formula is C18H16BrN3OS. The van der Waals surface area contributed by atoms with Gasteiger partial charge in [-0.15, -0.1) is 10.2 Å². The highest BCUT2D eigenvalue weighted by Gasteiger charge is 2.13. The van der Waals surface area contributed by atoms with Gasteiger partial charge in [0.15, 0.2) is 10.9 Å². The van der Waals surface area contributed by atoms with E-state index in [0.29, 0.717) is 11.3 Å². The SMILES string of the molecule is Cn1c(Cc2ccccc2)nnc1SCC(=O)c1ccc(Br)cc1. The first kappa shape index (κ1) is 16.9. The van der Waals surface area contributed by atoms with Gasteiger partial charge in [-0.1, -0.05) is 70.2 Å². The Labute approximate surface area is 153 Å². The highest BCUT2D eigenvalue weighted by molar-refractivity contribution is 9.10. The van der Waals surface area contributed by atoms with E-state index in [9.17, 15) is 4.79 Å². The molecule has 2 aromatic carbocycles. The van der Waals surface area contributed by atoms with Gasteiger partial charge in [-0.3, -0.25) is 4.79 Å². The summed E-state index contributed by atoms with van der Waals surface area (Å²) in [4.78, 5) is 12.2. The Balaban J connectivity index is 1.64. The summed E-state index contributed by atoms with van der Waals surface area (Å²) in [6.45, 7) is 0. The van der Waals surface area contributed by atoms with Crippen LogP contribution in [0.25, 0.3) is 0 Å². The van der Waals surface area contributed by atoms with Crippen molar-refractivity contribution in [2.75, 3.05) is 5.75 Å². The summed E-state index contributed by atoms with van der Waals surface area (Å²) in [5.41, 5.74) is 1.90. The molecule has 24 heavy (non-hydrogen) atoms. The average molecular weight is 402 g/mol. The van der Waals surface area contributed by atoms with Crippen LogP contribution in [0.1, 0.15) is 21.7 Å². The number of nitrogens with zero attached hydrogens (tertiary/aromatic N) is 3. The molecule has 0 saturated carbocycles. The van der Waals surface area contributed by atoms with E-state index >= 15 is 0 Å². The Bertz CT molecular complexity index is 831. The van der Waals surface area contributed by atoms with Crippen molar-refractivity contribution in [3.63, 3.8) is 0 Å². The first-order chi connectivity index (χ1) is 11.6. The zero-order valence-corrected chi connectivity index (χ0v) is 15.5. The number of thioether (sulfide) groups is 1. The fourth-order valence-electron chi connectivity index (χ4n) is 2.25. The summed E-state index contributed by atoms with van der Waals surface area (Å²) in [6, 6.07) is 17.5. The van der Waals surface area contributed by atoms with E-state index in [4.69, 9.17) is 0 Å². The highest BCUT2D eigenvalue weighted by Crippen LogP contribution is 2.19. The van der Waals surface area contributed by atoms with Crippen LogP contribution in [0.3, 0.4) is 0 Å². The molecule has 3 rings (SSSR count). The molecule has 0 fully saturated rings. The van der Waals surface area contributed by atoms with Crippen molar-refractivity contribution in [1.29, 1.82) is 0 Å². The minimum Gasteiger partial charge on any atom is -0.309 e. The molecule has 1 aromatic heterocycles. The average Bonchev–Trinajstić information content (AvgIpc) is 2.94. The molecule has 0 saturated heterocycles. The Morgan fingerprint density at radius 1 is 1.08 bits per heavy atom. The number of ketones is 1. The molecule has 122 valence electrons. The highest BCUT2D eigenvalue weighted by atomic mass is 79.9. The zero-order chi connectivity index (χ0) is 16.9. The van der Waals surface area contributed by atoms with Crippen LogP contribution in [-0.2, 0) is 13.5 Å². The van der Waals surface area contributed by atoms with Crippen LogP contribution >= 0.6 is 27.7 Å². The van der Waals surface area contributed by atoms with Crippen molar-refractivity contribution in [2.24, 2.45) is 7.05 Å². The molecule has 0 bridgehead atoms. The molecule has 6 heteroatoms. The minimum absolute atomic E-state index is 0.0834. The van der Waals surface area contributed by atoms with E-state index in [-0.39, 0.29) is 5.78 Å². The van der Waals surface area contributed by atoms with Crippen LogP contribution in [0.4, 0.5) is 0 Å². The molecule has 0 atom stereocenters. The number of hydrogen-bond donors (Lipinski definition) is 0. The fourth-order valence-corrected chi connectivity index (χ4v) is 3.34. The first-order valence-corrected chi connectivity index (χ1v) is 9.25. The number of aromatic nitrogens is 3. The van der Waals surface area contributed by atoms with Gasteiger partial charge in [0.25, 0.3) is 0 Å². The molecule has 4 nitrogen and oxygen atoms in total. The summed E-state index contributed by atoms with van der Waals surface area (Å²) < 4.78 is 2.91. The molecule has 0 aliphatic carbocycles. The smallest absolute Gasteiger partial charge is 0.191 e. The molecule has 3 aromatic rings. The van der Waals surface area contributed by atoms with E-state index in [1.807, 2.05) is 54.1 Å². The second kappa shape index (κ2) is 7.77. The molecular weight excluding hydrogens is 386 g/mol. The predicted octanol–water partition coefficient (Wildman–Crippen LogP) is 4.14. The van der Waals surface area contributed by atoms with Crippen LogP contribution in [0.2, 0.25) is 0 Å². The number of carbonyl (C=O) groups excluding carboxylic acids is 1.